The Hall–Kier alpha value is -2.08. The zero-order valence-electron chi connectivity index (χ0n) is 10.9. The van der Waals surface area contributed by atoms with Gasteiger partial charge in [-0.25, -0.2) is 4.79 Å². The van der Waals surface area contributed by atoms with Crippen LogP contribution in [0.25, 0.3) is 6.08 Å². The average Bonchev–Trinajstić information content (AvgIpc) is 2.35. The average molecular weight is 243 g/mol. The lowest BCUT2D eigenvalue weighted by atomic mass is 10.1. The third-order valence-electron chi connectivity index (χ3n) is 2.38. The standard InChI is InChI=1S/C15H17NO2/c1-11(2)10-18-15(17)14(9-16)8-13-7-5-4-6-12(13)3/h4-8,11H,10H2,1-3H3. The molecule has 0 fully saturated rings. The molecule has 0 radical (unpaired) electrons. The smallest absolute Gasteiger partial charge is 0.348 e. The van der Waals surface area contributed by atoms with Crippen molar-refractivity contribution in [3.05, 3.63) is 41.0 Å². The van der Waals surface area contributed by atoms with Crippen LogP contribution in [0.3, 0.4) is 0 Å². The number of rotatable bonds is 4. The summed E-state index contributed by atoms with van der Waals surface area (Å²) in [5.41, 5.74) is 1.91. The first-order chi connectivity index (χ1) is 8.54. The van der Waals surface area contributed by atoms with E-state index in [-0.39, 0.29) is 11.5 Å². The number of hydrogen-bond donors (Lipinski definition) is 0. The van der Waals surface area contributed by atoms with E-state index in [9.17, 15) is 4.79 Å². The molecule has 0 aliphatic carbocycles. The second-order valence-electron chi connectivity index (χ2n) is 4.52. The molecule has 1 rings (SSSR count). The number of ether oxygens (including phenoxy) is 1. The number of nitriles is 1. The molecule has 0 heterocycles. The Kier molecular flexibility index (Phi) is 5.13. The van der Waals surface area contributed by atoms with Crippen LogP contribution >= 0.6 is 0 Å². The van der Waals surface area contributed by atoms with E-state index in [1.807, 2.05) is 51.1 Å². The van der Waals surface area contributed by atoms with E-state index in [4.69, 9.17) is 10.00 Å². The van der Waals surface area contributed by atoms with Crippen molar-refractivity contribution in [2.24, 2.45) is 5.92 Å². The minimum Gasteiger partial charge on any atom is -0.461 e. The van der Waals surface area contributed by atoms with Crippen LogP contribution < -0.4 is 0 Å². The van der Waals surface area contributed by atoms with E-state index in [0.29, 0.717) is 6.61 Å². The Bertz CT molecular complexity index is 495. The maximum Gasteiger partial charge on any atom is 0.348 e. The summed E-state index contributed by atoms with van der Waals surface area (Å²) in [7, 11) is 0. The number of nitrogens with zero attached hydrogens (tertiary/aromatic N) is 1. The fourth-order valence-corrected chi connectivity index (χ4v) is 1.36. The van der Waals surface area contributed by atoms with Gasteiger partial charge in [0.05, 0.1) is 6.61 Å². The topological polar surface area (TPSA) is 50.1 Å². The highest BCUT2D eigenvalue weighted by atomic mass is 16.5. The first-order valence-corrected chi connectivity index (χ1v) is 5.89. The van der Waals surface area contributed by atoms with Crippen molar-refractivity contribution < 1.29 is 9.53 Å². The number of benzene rings is 1. The van der Waals surface area contributed by atoms with Gasteiger partial charge in [-0.15, -0.1) is 0 Å². The fourth-order valence-electron chi connectivity index (χ4n) is 1.36. The van der Waals surface area contributed by atoms with Gasteiger partial charge >= 0.3 is 5.97 Å². The van der Waals surface area contributed by atoms with Crippen molar-refractivity contribution in [3.63, 3.8) is 0 Å². The molecule has 0 atom stereocenters. The minimum absolute atomic E-state index is 0.0324. The van der Waals surface area contributed by atoms with Crippen molar-refractivity contribution in [2.45, 2.75) is 20.8 Å². The molecule has 0 unspecified atom stereocenters. The molecule has 3 heteroatoms. The largest absolute Gasteiger partial charge is 0.461 e. The molecule has 1 aromatic rings. The summed E-state index contributed by atoms with van der Waals surface area (Å²) in [6.07, 6.45) is 1.57. The molecule has 0 bridgehead atoms. The Balaban J connectivity index is 2.87. The number of esters is 1. The summed E-state index contributed by atoms with van der Waals surface area (Å²) in [5.74, 6) is -0.304. The first-order valence-electron chi connectivity index (χ1n) is 5.89. The van der Waals surface area contributed by atoms with Crippen molar-refractivity contribution in [1.82, 2.24) is 0 Å². The van der Waals surface area contributed by atoms with Crippen LogP contribution in [0.1, 0.15) is 25.0 Å². The van der Waals surface area contributed by atoms with E-state index in [1.54, 1.807) is 6.08 Å². The maximum atomic E-state index is 11.7. The summed E-state index contributed by atoms with van der Waals surface area (Å²) in [6.45, 7) is 6.15. The molecule has 0 saturated carbocycles. The van der Waals surface area contributed by atoms with Gasteiger partial charge in [-0.3, -0.25) is 0 Å². The highest BCUT2D eigenvalue weighted by molar-refractivity contribution is 5.98. The van der Waals surface area contributed by atoms with E-state index in [0.717, 1.165) is 11.1 Å². The summed E-state index contributed by atoms with van der Waals surface area (Å²) < 4.78 is 5.04. The number of carbonyl (C=O) groups is 1. The molecule has 94 valence electrons. The highest BCUT2D eigenvalue weighted by Crippen LogP contribution is 2.12. The van der Waals surface area contributed by atoms with Gasteiger partial charge in [0.1, 0.15) is 11.6 Å². The second-order valence-corrected chi connectivity index (χ2v) is 4.52. The third-order valence-corrected chi connectivity index (χ3v) is 2.38. The van der Waals surface area contributed by atoms with Crippen LogP contribution in [0.5, 0.6) is 0 Å². The lowest BCUT2D eigenvalue weighted by Crippen LogP contribution is -2.11. The summed E-state index contributed by atoms with van der Waals surface area (Å²) in [6, 6.07) is 9.46. The summed E-state index contributed by atoms with van der Waals surface area (Å²) in [4.78, 5) is 11.7. The van der Waals surface area contributed by atoms with E-state index >= 15 is 0 Å². The predicted molar refractivity (Wildman–Crippen MR) is 70.6 cm³/mol. The molecule has 0 aliphatic rings. The Morgan fingerprint density at radius 3 is 2.67 bits per heavy atom. The van der Waals surface area contributed by atoms with Gasteiger partial charge in [0.25, 0.3) is 0 Å². The van der Waals surface area contributed by atoms with Gasteiger partial charge in [0, 0.05) is 0 Å². The monoisotopic (exact) mass is 243 g/mol. The molecule has 0 amide bonds. The van der Waals surface area contributed by atoms with Gasteiger partial charge in [-0.1, -0.05) is 38.1 Å². The number of carbonyl (C=O) groups excluding carboxylic acids is 1. The van der Waals surface area contributed by atoms with Crippen LogP contribution in [-0.2, 0) is 9.53 Å². The third kappa shape index (κ3) is 4.06. The quantitative estimate of drug-likeness (QED) is 0.464. The highest BCUT2D eigenvalue weighted by Gasteiger charge is 2.11. The Labute approximate surface area is 108 Å². The molecule has 18 heavy (non-hydrogen) atoms. The Morgan fingerprint density at radius 1 is 1.44 bits per heavy atom. The predicted octanol–water partition coefficient (Wildman–Crippen LogP) is 3.10. The van der Waals surface area contributed by atoms with Crippen molar-refractivity contribution in [1.29, 1.82) is 5.26 Å². The van der Waals surface area contributed by atoms with Crippen LogP contribution in [0.2, 0.25) is 0 Å². The lowest BCUT2D eigenvalue weighted by Gasteiger charge is -2.06. The zero-order chi connectivity index (χ0) is 13.5. The fraction of sp³-hybridized carbons (Fsp3) is 0.333. The lowest BCUT2D eigenvalue weighted by molar-refractivity contribution is -0.139. The molecular weight excluding hydrogens is 226 g/mol. The molecule has 3 nitrogen and oxygen atoms in total. The Morgan fingerprint density at radius 2 is 2.11 bits per heavy atom. The maximum absolute atomic E-state index is 11.7. The van der Waals surface area contributed by atoms with Gasteiger partial charge in [0.15, 0.2) is 0 Å². The number of hydrogen-bond acceptors (Lipinski definition) is 3. The minimum atomic E-state index is -0.561. The molecule has 0 aliphatic heterocycles. The van der Waals surface area contributed by atoms with Crippen LogP contribution in [-0.4, -0.2) is 12.6 Å². The van der Waals surface area contributed by atoms with Crippen LogP contribution in [0.4, 0.5) is 0 Å². The van der Waals surface area contributed by atoms with Crippen LogP contribution in [0.15, 0.2) is 29.8 Å². The number of aryl methyl sites for hydroxylation is 1. The van der Waals surface area contributed by atoms with Crippen molar-refractivity contribution >= 4 is 12.0 Å². The van der Waals surface area contributed by atoms with E-state index < -0.39 is 5.97 Å². The van der Waals surface area contributed by atoms with E-state index in [2.05, 4.69) is 0 Å². The van der Waals surface area contributed by atoms with Crippen LogP contribution in [0, 0.1) is 24.2 Å². The molecular formula is C15H17NO2. The van der Waals surface area contributed by atoms with E-state index in [1.165, 1.54) is 0 Å². The molecule has 0 aromatic heterocycles. The van der Waals surface area contributed by atoms with Crippen molar-refractivity contribution in [2.75, 3.05) is 6.61 Å². The normalized spacial score (nSPS) is 11.2. The van der Waals surface area contributed by atoms with Crippen molar-refractivity contribution in [3.8, 4) is 6.07 Å². The summed E-state index contributed by atoms with van der Waals surface area (Å²) in [5, 5.41) is 8.99. The first kappa shape index (κ1) is 14.0. The zero-order valence-corrected chi connectivity index (χ0v) is 10.9. The van der Waals surface area contributed by atoms with Gasteiger partial charge < -0.3 is 4.74 Å². The molecule has 0 saturated heterocycles. The summed E-state index contributed by atoms with van der Waals surface area (Å²) >= 11 is 0. The second kappa shape index (κ2) is 6.61. The van der Waals surface area contributed by atoms with Gasteiger partial charge in [-0.2, -0.15) is 5.26 Å². The molecule has 1 aromatic carbocycles. The van der Waals surface area contributed by atoms with Gasteiger partial charge in [0.2, 0.25) is 0 Å². The molecule has 0 N–H and O–H groups in total. The molecule has 0 spiro atoms. The van der Waals surface area contributed by atoms with Gasteiger partial charge in [-0.05, 0) is 30.0 Å². The SMILES string of the molecule is Cc1ccccc1C=C(C#N)C(=O)OCC(C)C.